The van der Waals surface area contributed by atoms with Gasteiger partial charge in [-0.05, 0) is 37.1 Å². The predicted octanol–water partition coefficient (Wildman–Crippen LogP) is 6.10. The van der Waals surface area contributed by atoms with Gasteiger partial charge in [0.15, 0.2) is 0 Å². The van der Waals surface area contributed by atoms with Gasteiger partial charge < -0.3 is 5.11 Å². The second kappa shape index (κ2) is 7.89. The maximum atomic E-state index is 13.9. The Balaban J connectivity index is 1.89. The lowest BCUT2D eigenvalue weighted by molar-refractivity contribution is -0.137. The third-order valence-electron chi connectivity index (χ3n) is 4.02. The van der Waals surface area contributed by atoms with Gasteiger partial charge in [0, 0.05) is 16.1 Å². The van der Waals surface area contributed by atoms with Crippen LogP contribution in [-0.2, 0) is 19.0 Å². The number of nitrogens with zero attached hydrogens (tertiary/aromatic N) is 1. The summed E-state index contributed by atoms with van der Waals surface area (Å²) < 4.78 is 52.0. The lowest BCUT2D eigenvalue weighted by atomic mass is 10.1. The number of carboxylic acid groups (broad SMARTS) is 1. The maximum absolute atomic E-state index is 13.9. The van der Waals surface area contributed by atoms with Gasteiger partial charge in [0.05, 0.1) is 11.3 Å². The normalized spacial score (nSPS) is 11.6. The van der Waals surface area contributed by atoms with E-state index in [-0.39, 0.29) is 39.0 Å². The summed E-state index contributed by atoms with van der Waals surface area (Å²) in [5, 5.41) is 9.91. The zero-order valence-corrected chi connectivity index (χ0v) is 15.6. The Hall–Kier alpha value is -2.45. The van der Waals surface area contributed by atoms with Gasteiger partial charge in [-0.15, -0.1) is 11.3 Å². The first-order chi connectivity index (χ1) is 13.2. The van der Waals surface area contributed by atoms with Gasteiger partial charge in [-0.1, -0.05) is 29.8 Å². The summed E-state index contributed by atoms with van der Waals surface area (Å²) in [5.74, 6) is -1.70. The van der Waals surface area contributed by atoms with Crippen LogP contribution in [0.4, 0.5) is 17.6 Å². The van der Waals surface area contributed by atoms with Crippen molar-refractivity contribution in [3.05, 3.63) is 75.0 Å². The molecule has 0 aliphatic rings. The average molecular weight is 430 g/mol. The molecule has 0 unspecified atom stereocenters. The van der Waals surface area contributed by atoms with Gasteiger partial charge in [-0.2, -0.15) is 13.2 Å². The van der Waals surface area contributed by atoms with Gasteiger partial charge in [-0.25, -0.2) is 14.2 Å². The first-order valence-corrected chi connectivity index (χ1v) is 9.20. The number of rotatable bonds is 5. The number of carboxylic acids is 1. The molecule has 28 heavy (non-hydrogen) atoms. The summed E-state index contributed by atoms with van der Waals surface area (Å²) in [6, 6.07) is 8.57. The number of carbonyl (C=O) groups is 1. The van der Waals surface area contributed by atoms with Crippen LogP contribution in [0, 0.1) is 5.82 Å². The van der Waals surface area contributed by atoms with Crippen molar-refractivity contribution in [3.63, 3.8) is 0 Å². The van der Waals surface area contributed by atoms with E-state index in [1.165, 1.54) is 30.3 Å². The van der Waals surface area contributed by atoms with E-state index in [2.05, 4.69) is 4.98 Å². The highest BCUT2D eigenvalue weighted by atomic mass is 35.5. The van der Waals surface area contributed by atoms with Crippen molar-refractivity contribution >= 4 is 28.9 Å². The standard InChI is InChI=1S/C19H12ClF4NO2S/c20-13-2-1-3-14(21)12(13)8-9-15-16(18(26)27)28-17(25-15)10-4-6-11(7-5-10)19(22,23)24/h1-7H,8-9H2,(H,26,27). The van der Waals surface area contributed by atoms with Gasteiger partial charge >= 0.3 is 12.1 Å². The molecule has 0 saturated carbocycles. The van der Waals surface area contributed by atoms with Crippen molar-refractivity contribution < 1.29 is 27.5 Å². The average Bonchev–Trinajstić information content (AvgIpc) is 3.05. The molecule has 0 saturated heterocycles. The molecule has 146 valence electrons. The monoisotopic (exact) mass is 429 g/mol. The van der Waals surface area contributed by atoms with E-state index in [9.17, 15) is 27.5 Å². The molecule has 0 fully saturated rings. The molecule has 0 aliphatic heterocycles. The molecule has 3 rings (SSSR count). The summed E-state index contributed by atoms with van der Waals surface area (Å²) in [5.41, 5.74) is 0.0488. The topological polar surface area (TPSA) is 50.2 Å². The molecule has 1 aromatic heterocycles. The summed E-state index contributed by atoms with van der Waals surface area (Å²) in [6.45, 7) is 0. The summed E-state index contributed by atoms with van der Waals surface area (Å²) in [7, 11) is 0. The van der Waals surface area contributed by atoms with Crippen molar-refractivity contribution in [2.24, 2.45) is 0 Å². The summed E-state index contributed by atoms with van der Waals surface area (Å²) in [4.78, 5) is 15.7. The molecule has 1 N–H and O–H groups in total. The summed E-state index contributed by atoms with van der Waals surface area (Å²) in [6.07, 6.45) is -4.20. The SMILES string of the molecule is O=C(O)c1sc(-c2ccc(C(F)(F)F)cc2)nc1CCc1c(F)cccc1Cl. The van der Waals surface area contributed by atoms with Crippen molar-refractivity contribution in [1.29, 1.82) is 0 Å². The molecule has 0 spiro atoms. The Kier molecular flexibility index (Phi) is 5.71. The summed E-state index contributed by atoms with van der Waals surface area (Å²) >= 11 is 6.84. The third-order valence-corrected chi connectivity index (χ3v) is 5.51. The second-order valence-corrected chi connectivity index (χ2v) is 7.28. The number of aryl methyl sites for hydroxylation is 1. The molecule has 3 nitrogen and oxygen atoms in total. The zero-order valence-electron chi connectivity index (χ0n) is 14.1. The number of thiazole rings is 1. The van der Waals surface area contributed by atoms with Crippen LogP contribution < -0.4 is 0 Å². The first kappa shape index (κ1) is 20.3. The molecule has 2 aromatic carbocycles. The highest BCUT2D eigenvalue weighted by Gasteiger charge is 2.30. The molecule has 0 aliphatic carbocycles. The minimum Gasteiger partial charge on any atom is -0.477 e. The highest BCUT2D eigenvalue weighted by Crippen LogP contribution is 2.33. The minimum atomic E-state index is -4.46. The van der Waals surface area contributed by atoms with Gasteiger partial charge in [-0.3, -0.25) is 0 Å². The smallest absolute Gasteiger partial charge is 0.416 e. The number of aromatic nitrogens is 1. The quantitative estimate of drug-likeness (QED) is 0.498. The van der Waals surface area contributed by atoms with Crippen LogP contribution in [0.3, 0.4) is 0 Å². The first-order valence-electron chi connectivity index (χ1n) is 8.00. The number of hydrogen-bond acceptors (Lipinski definition) is 3. The Bertz CT molecular complexity index is 996. The Morgan fingerprint density at radius 1 is 1.11 bits per heavy atom. The van der Waals surface area contributed by atoms with E-state index in [1.807, 2.05) is 0 Å². The molecular formula is C19H12ClF4NO2S. The van der Waals surface area contributed by atoms with Crippen LogP contribution in [0.2, 0.25) is 5.02 Å². The van der Waals surface area contributed by atoms with Crippen molar-refractivity contribution in [1.82, 2.24) is 4.98 Å². The van der Waals surface area contributed by atoms with E-state index in [0.29, 0.717) is 5.56 Å². The van der Waals surface area contributed by atoms with Crippen LogP contribution in [0.5, 0.6) is 0 Å². The molecule has 0 amide bonds. The second-order valence-electron chi connectivity index (χ2n) is 5.88. The Labute approximate surface area is 166 Å². The van der Waals surface area contributed by atoms with Gasteiger partial charge in [0.2, 0.25) is 0 Å². The van der Waals surface area contributed by atoms with E-state index < -0.39 is 23.5 Å². The number of benzene rings is 2. The molecule has 0 radical (unpaired) electrons. The number of aromatic carboxylic acids is 1. The van der Waals surface area contributed by atoms with Crippen molar-refractivity contribution in [3.8, 4) is 10.6 Å². The molecule has 0 bridgehead atoms. The predicted molar refractivity (Wildman–Crippen MR) is 98.3 cm³/mol. The lowest BCUT2D eigenvalue weighted by Gasteiger charge is -2.06. The highest BCUT2D eigenvalue weighted by molar-refractivity contribution is 7.17. The molecule has 9 heteroatoms. The van der Waals surface area contributed by atoms with Crippen LogP contribution >= 0.6 is 22.9 Å². The lowest BCUT2D eigenvalue weighted by Crippen LogP contribution is -2.04. The Morgan fingerprint density at radius 3 is 2.36 bits per heavy atom. The van der Waals surface area contributed by atoms with E-state index in [0.717, 1.165) is 23.5 Å². The fourth-order valence-electron chi connectivity index (χ4n) is 2.63. The van der Waals surface area contributed by atoms with E-state index in [1.54, 1.807) is 0 Å². The van der Waals surface area contributed by atoms with Crippen LogP contribution in [0.15, 0.2) is 42.5 Å². The maximum Gasteiger partial charge on any atom is 0.416 e. The third kappa shape index (κ3) is 4.34. The van der Waals surface area contributed by atoms with Crippen molar-refractivity contribution in [2.45, 2.75) is 19.0 Å². The Morgan fingerprint density at radius 2 is 1.79 bits per heavy atom. The van der Waals surface area contributed by atoms with Crippen LogP contribution in [-0.4, -0.2) is 16.1 Å². The fourth-order valence-corrected chi connectivity index (χ4v) is 3.84. The zero-order chi connectivity index (χ0) is 20.5. The molecule has 1 heterocycles. The van der Waals surface area contributed by atoms with E-state index in [4.69, 9.17) is 11.6 Å². The molecular weight excluding hydrogens is 418 g/mol. The van der Waals surface area contributed by atoms with Crippen LogP contribution in [0.25, 0.3) is 10.6 Å². The largest absolute Gasteiger partial charge is 0.477 e. The fraction of sp³-hybridized carbons (Fsp3) is 0.158. The van der Waals surface area contributed by atoms with E-state index >= 15 is 0 Å². The van der Waals surface area contributed by atoms with Gasteiger partial charge in [0.25, 0.3) is 0 Å². The molecule has 0 atom stereocenters. The number of hydrogen-bond donors (Lipinski definition) is 1. The van der Waals surface area contributed by atoms with Crippen LogP contribution in [0.1, 0.15) is 26.5 Å². The number of alkyl halides is 3. The van der Waals surface area contributed by atoms with Gasteiger partial charge in [0.1, 0.15) is 15.7 Å². The number of halogens is 5. The molecule has 3 aromatic rings. The van der Waals surface area contributed by atoms with Crippen molar-refractivity contribution in [2.75, 3.05) is 0 Å². The minimum absolute atomic E-state index is 0.0395.